The monoisotopic (exact) mass is 246 g/mol. The number of hydrogen-bond donors (Lipinski definition) is 1. The van der Waals surface area contributed by atoms with Crippen molar-refractivity contribution < 1.29 is 0 Å². The Morgan fingerprint density at radius 3 is 3.06 bits per heavy atom. The smallest absolute Gasteiger partial charge is 0.0813 e. The van der Waals surface area contributed by atoms with Crippen molar-refractivity contribution in [3.8, 4) is 0 Å². The molecular weight excluding hydrogens is 228 g/mol. The van der Waals surface area contributed by atoms with Crippen LogP contribution in [0.1, 0.15) is 33.1 Å². The second kappa shape index (κ2) is 3.98. The number of aromatic nitrogens is 1. The van der Waals surface area contributed by atoms with Gasteiger partial charge in [-0.1, -0.05) is 20.3 Å². The van der Waals surface area contributed by atoms with Gasteiger partial charge in [0, 0.05) is 11.7 Å². The summed E-state index contributed by atoms with van der Waals surface area (Å²) in [6.45, 7) is 4.73. The minimum Gasteiger partial charge on any atom is -0.382 e. The van der Waals surface area contributed by atoms with E-state index in [-0.39, 0.29) is 0 Å². The molecule has 0 spiro atoms. The molecule has 1 aliphatic rings. The standard InChI is InChI=1S/C14H18N2S/c1-14(2)7-3-4-13(14)16-10-5-6-11-12(8-10)17-9-15-11/h5-6,8-9,13,16H,3-4,7H2,1-2H3. The number of rotatable bonds is 2. The van der Waals surface area contributed by atoms with Gasteiger partial charge in [-0.15, -0.1) is 11.3 Å². The van der Waals surface area contributed by atoms with Gasteiger partial charge in [-0.25, -0.2) is 4.98 Å². The van der Waals surface area contributed by atoms with E-state index in [4.69, 9.17) is 0 Å². The maximum Gasteiger partial charge on any atom is 0.0813 e. The summed E-state index contributed by atoms with van der Waals surface area (Å²) in [4.78, 5) is 4.31. The number of thiazole rings is 1. The van der Waals surface area contributed by atoms with E-state index in [0.717, 1.165) is 5.52 Å². The summed E-state index contributed by atoms with van der Waals surface area (Å²) in [6.07, 6.45) is 3.95. The zero-order valence-electron chi connectivity index (χ0n) is 10.4. The van der Waals surface area contributed by atoms with Crippen LogP contribution in [0.15, 0.2) is 23.7 Å². The Balaban J connectivity index is 1.84. The molecule has 90 valence electrons. The Labute approximate surface area is 106 Å². The molecule has 1 unspecified atom stereocenters. The molecule has 0 bridgehead atoms. The first-order valence-electron chi connectivity index (χ1n) is 6.25. The van der Waals surface area contributed by atoms with Gasteiger partial charge in [-0.05, 0) is 36.5 Å². The van der Waals surface area contributed by atoms with E-state index in [9.17, 15) is 0 Å². The van der Waals surface area contributed by atoms with Gasteiger partial charge in [0.05, 0.1) is 15.7 Å². The minimum absolute atomic E-state index is 0.419. The number of fused-ring (bicyclic) bond motifs is 1. The predicted octanol–water partition coefficient (Wildman–Crippen LogP) is 4.29. The third-order valence-electron chi connectivity index (χ3n) is 3.93. The van der Waals surface area contributed by atoms with Crippen LogP contribution in [-0.2, 0) is 0 Å². The van der Waals surface area contributed by atoms with Crippen molar-refractivity contribution in [3.05, 3.63) is 23.7 Å². The van der Waals surface area contributed by atoms with Gasteiger partial charge in [-0.3, -0.25) is 0 Å². The van der Waals surface area contributed by atoms with Crippen LogP contribution in [0.25, 0.3) is 10.2 Å². The number of nitrogens with one attached hydrogen (secondary N) is 1. The lowest BCUT2D eigenvalue weighted by atomic mass is 9.87. The van der Waals surface area contributed by atoms with E-state index in [1.54, 1.807) is 11.3 Å². The van der Waals surface area contributed by atoms with E-state index in [1.807, 2.05) is 5.51 Å². The number of benzene rings is 1. The van der Waals surface area contributed by atoms with Gasteiger partial charge >= 0.3 is 0 Å². The second-order valence-corrected chi connectivity index (χ2v) is 6.50. The Morgan fingerprint density at radius 1 is 1.41 bits per heavy atom. The van der Waals surface area contributed by atoms with E-state index in [2.05, 4.69) is 42.3 Å². The summed E-state index contributed by atoms with van der Waals surface area (Å²) >= 11 is 1.71. The van der Waals surface area contributed by atoms with E-state index >= 15 is 0 Å². The molecule has 0 radical (unpaired) electrons. The topological polar surface area (TPSA) is 24.9 Å². The summed E-state index contributed by atoms with van der Waals surface area (Å²) in [7, 11) is 0. The molecule has 17 heavy (non-hydrogen) atoms. The third kappa shape index (κ3) is 2.04. The number of nitrogens with zero attached hydrogens (tertiary/aromatic N) is 1. The molecule has 2 aromatic rings. The van der Waals surface area contributed by atoms with E-state index in [1.165, 1.54) is 29.6 Å². The van der Waals surface area contributed by atoms with Crippen LogP contribution in [0.4, 0.5) is 5.69 Å². The molecule has 2 nitrogen and oxygen atoms in total. The molecule has 0 aliphatic heterocycles. The normalized spacial score (nSPS) is 23.1. The van der Waals surface area contributed by atoms with Crippen molar-refractivity contribution in [2.75, 3.05) is 5.32 Å². The molecule has 3 heteroatoms. The fourth-order valence-electron chi connectivity index (χ4n) is 2.74. The van der Waals surface area contributed by atoms with E-state index in [0.29, 0.717) is 11.5 Å². The van der Waals surface area contributed by atoms with Crippen LogP contribution >= 0.6 is 11.3 Å². The lowest BCUT2D eigenvalue weighted by Crippen LogP contribution is -2.30. The first kappa shape index (κ1) is 11.0. The molecule has 1 atom stereocenters. The molecule has 1 heterocycles. The average molecular weight is 246 g/mol. The van der Waals surface area contributed by atoms with E-state index < -0.39 is 0 Å². The Bertz CT molecular complexity index is 530. The first-order chi connectivity index (χ1) is 8.15. The Morgan fingerprint density at radius 2 is 2.29 bits per heavy atom. The molecule has 1 fully saturated rings. The highest BCUT2D eigenvalue weighted by Gasteiger charge is 2.34. The highest BCUT2D eigenvalue weighted by molar-refractivity contribution is 7.16. The van der Waals surface area contributed by atoms with Crippen LogP contribution in [0.2, 0.25) is 0 Å². The second-order valence-electron chi connectivity index (χ2n) is 5.61. The highest BCUT2D eigenvalue weighted by atomic mass is 32.1. The summed E-state index contributed by atoms with van der Waals surface area (Å²) in [5.41, 5.74) is 4.67. The number of anilines is 1. The molecule has 0 saturated heterocycles. The maximum atomic E-state index is 4.31. The van der Waals surface area contributed by atoms with Crippen LogP contribution in [-0.4, -0.2) is 11.0 Å². The fourth-order valence-corrected chi connectivity index (χ4v) is 3.46. The fraction of sp³-hybridized carbons (Fsp3) is 0.500. The molecule has 0 amide bonds. The summed E-state index contributed by atoms with van der Waals surface area (Å²) in [5, 5.41) is 3.69. The lowest BCUT2D eigenvalue weighted by Gasteiger charge is -2.28. The molecule has 1 aromatic carbocycles. The highest BCUT2D eigenvalue weighted by Crippen LogP contribution is 2.39. The van der Waals surface area contributed by atoms with Gasteiger partial charge in [0.15, 0.2) is 0 Å². The summed E-state index contributed by atoms with van der Waals surface area (Å²) < 4.78 is 1.27. The van der Waals surface area contributed by atoms with Crippen molar-refractivity contribution in [2.24, 2.45) is 5.41 Å². The lowest BCUT2D eigenvalue weighted by molar-refractivity contribution is 0.350. The van der Waals surface area contributed by atoms with Gasteiger partial charge in [0.2, 0.25) is 0 Å². The van der Waals surface area contributed by atoms with Crippen molar-refractivity contribution in [2.45, 2.75) is 39.2 Å². The molecule has 1 aliphatic carbocycles. The zero-order valence-corrected chi connectivity index (χ0v) is 11.2. The van der Waals surface area contributed by atoms with Gasteiger partial charge in [-0.2, -0.15) is 0 Å². The predicted molar refractivity (Wildman–Crippen MR) is 74.7 cm³/mol. The summed E-state index contributed by atoms with van der Waals surface area (Å²) in [6, 6.07) is 7.08. The first-order valence-corrected chi connectivity index (χ1v) is 7.13. The SMILES string of the molecule is CC1(C)CCCC1Nc1ccc2ncsc2c1. The molecule has 3 rings (SSSR count). The van der Waals surface area contributed by atoms with Crippen LogP contribution in [0.5, 0.6) is 0 Å². The molecule has 1 saturated carbocycles. The Kier molecular flexibility index (Phi) is 2.58. The van der Waals surface area contributed by atoms with Gasteiger partial charge in [0.25, 0.3) is 0 Å². The van der Waals surface area contributed by atoms with Crippen molar-refractivity contribution in [3.63, 3.8) is 0 Å². The van der Waals surface area contributed by atoms with Crippen molar-refractivity contribution in [1.29, 1.82) is 0 Å². The quantitative estimate of drug-likeness (QED) is 0.855. The van der Waals surface area contributed by atoms with Crippen LogP contribution in [0.3, 0.4) is 0 Å². The minimum atomic E-state index is 0.419. The van der Waals surface area contributed by atoms with Crippen LogP contribution < -0.4 is 5.32 Å². The van der Waals surface area contributed by atoms with Gasteiger partial charge < -0.3 is 5.32 Å². The third-order valence-corrected chi connectivity index (χ3v) is 4.72. The molecule has 1 aromatic heterocycles. The zero-order chi connectivity index (χ0) is 11.9. The largest absolute Gasteiger partial charge is 0.382 e. The van der Waals surface area contributed by atoms with Crippen molar-refractivity contribution >= 4 is 27.2 Å². The van der Waals surface area contributed by atoms with Crippen molar-refractivity contribution in [1.82, 2.24) is 4.98 Å². The van der Waals surface area contributed by atoms with Crippen LogP contribution in [0, 0.1) is 5.41 Å². The average Bonchev–Trinajstić information content (AvgIpc) is 2.85. The maximum absolute atomic E-state index is 4.31. The van der Waals surface area contributed by atoms with Gasteiger partial charge in [0.1, 0.15) is 0 Å². The Hall–Kier alpha value is -1.09. The number of hydrogen-bond acceptors (Lipinski definition) is 3. The molecular formula is C14H18N2S. The molecule has 1 N–H and O–H groups in total. The summed E-state index contributed by atoms with van der Waals surface area (Å²) in [5.74, 6) is 0.